The summed E-state index contributed by atoms with van der Waals surface area (Å²) in [5.41, 5.74) is 0. The quantitative estimate of drug-likeness (QED) is 0.466. The minimum atomic E-state index is 0.625. The SMILES string of the molecule is [CH2-]C(C)CC(C)C. The van der Waals surface area contributed by atoms with Gasteiger partial charge < -0.3 is 6.92 Å². The molecule has 0 radical (unpaired) electrons. The molecule has 0 aliphatic carbocycles. The monoisotopic (exact) mass is 99.1 g/mol. The zero-order chi connectivity index (χ0) is 5.86. The van der Waals surface area contributed by atoms with Gasteiger partial charge in [-0.25, -0.2) is 0 Å². The predicted octanol–water partition coefficient (Wildman–Crippen LogP) is 2.50. The average Bonchev–Trinajstić information content (AvgIpc) is 1.27. The Kier molecular flexibility index (Phi) is 3.06. The van der Waals surface area contributed by atoms with Gasteiger partial charge in [0.1, 0.15) is 0 Å². The molecule has 0 saturated carbocycles. The second-order valence-electron chi connectivity index (χ2n) is 2.73. The fourth-order valence-corrected chi connectivity index (χ4v) is 0.805. The molecule has 0 amide bonds. The van der Waals surface area contributed by atoms with Crippen LogP contribution in [0.5, 0.6) is 0 Å². The van der Waals surface area contributed by atoms with E-state index in [1.54, 1.807) is 0 Å². The number of rotatable bonds is 2. The van der Waals surface area contributed by atoms with Gasteiger partial charge in [-0.3, -0.25) is 0 Å². The van der Waals surface area contributed by atoms with Crippen LogP contribution in [-0.4, -0.2) is 0 Å². The molecule has 0 spiro atoms. The molecule has 0 heteroatoms. The van der Waals surface area contributed by atoms with Crippen LogP contribution in [0.2, 0.25) is 0 Å². The molecule has 7 heavy (non-hydrogen) atoms. The molecule has 0 heterocycles. The molecule has 0 aromatic rings. The zero-order valence-corrected chi connectivity index (χ0v) is 5.57. The molecule has 0 aromatic heterocycles. The van der Waals surface area contributed by atoms with Gasteiger partial charge in [0.15, 0.2) is 0 Å². The lowest BCUT2D eigenvalue weighted by Crippen LogP contribution is -1.93. The molecule has 44 valence electrons. The molecule has 0 fully saturated rings. The highest BCUT2D eigenvalue weighted by Gasteiger charge is 1.90. The van der Waals surface area contributed by atoms with Crippen LogP contribution in [0.15, 0.2) is 0 Å². The predicted molar refractivity (Wildman–Crippen MR) is 34.0 cm³/mol. The van der Waals surface area contributed by atoms with Crippen LogP contribution in [0.25, 0.3) is 0 Å². The van der Waals surface area contributed by atoms with Crippen molar-refractivity contribution in [2.75, 3.05) is 0 Å². The fraction of sp³-hybridized carbons (Fsp3) is 0.857. The first-order valence-corrected chi connectivity index (χ1v) is 2.96. The van der Waals surface area contributed by atoms with Gasteiger partial charge in [-0.2, -0.15) is 5.92 Å². The van der Waals surface area contributed by atoms with Crippen molar-refractivity contribution in [1.29, 1.82) is 0 Å². The summed E-state index contributed by atoms with van der Waals surface area (Å²) in [4.78, 5) is 0. The van der Waals surface area contributed by atoms with Gasteiger partial charge >= 0.3 is 0 Å². The summed E-state index contributed by atoms with van der Waals surface area (Å²) in [5.74, 6) is 1.44. The lowest BCUT2D eigenvalue weighted by Gasteiger charge is -2.12. The molecule has 0 nitrogen and oxygen atoms in total. The van der Waals surface area contributed by atoms with Gasteiger partial charge in [0, 0.05) is 0 Å². The summed E-state index contributed by atoms with van der Waals surface area (Å²) in [5, 5.41) is 0. The fourth-order valence-electron chi connectivity index (χ4n) is 0.805. The molecule has 0 aliphatic rings. The summed E-state index contributed by atoms with van der Waals surface area (Å²) in [6.07, 6.45) is 1.25. The molecule has 0 N–H and O–H groups in total. The van der Waals surface area contributed by atoms with E-state index in [1.165, 1.54) is 6.42 Å². The number of hydrogen-bond acceptors (Lipinski definition) is 0. The molecular weight excluding hydrogens is 84.1 g/mol. The van der Waals surface area contributed by atoms with Gasteiger partial charge in [-0.05, 0) is 5.92 Å². The Morgan fingerprint density at radius 2 is 1.71 bits per heavy atom. The third-order valence-corrected chi connectivity index (χ3v) is 0.874. The van der Waals surface area contributed by atoms with Gasteiger partial charge in [0.25, 0.3) is 0 Å². The van der Waals surface area contributed by atoms with Gasteiger partial charge in [-0.15, -0.1) is 0 Å². The first-order valence-electron chi connectivity index (χ1n) is 2.96. The van der Waals surface area contributed by atoms with Crippen LogP contribution in [0.4, 0.5) is 0 Å². The summed E-state index contributed by atoms with van der Waals surface area (Å²) < 4.78 is 0. The third kappa shape index (κ3) is 6.00. The van der Waals surface area contributed by atoms with E-state index in [9.17, 15) is 0 Å². The summed E-state index contributed by atoms with van der Waals surface area (Å²) >= 11 is 0. The number of hydrogen-bond donors (Lipinski definition) is 0. The first-order chi connectivity index (χ1) is 3.13. The largest absolute Gasteiger partial charge is 0.341 e. The van der Waals surface area contributed by atoms with Crippen LogP contribution < -0.4 is 0 Å². The molecule has 0 rings (SSSR count). The minimum absolute atomic E-state index is 0.625. The summed E-state index contributed by atoms with van der Waals surface area (Å²) in [6.45, 7) is 10.5. The van der Waals surface area contributed by atoms with E-state index in [2.05, 4.69) is 27.7 Å². The highest BCUT2D eigenvalue weighted by molar-refractivity contribution is 4.55. The Bertz CT molecular complexity index is 29.3. The van der Waals surface area contributed by atoms with Crippen LogP contribution >= 0.6 is 0 Å². The van der Waals surface area contributed by atoms with E-state index in [-0.39, 0.29) is 0 Å². The third-order valence-electron chi connectivity index (χ3n) is 0.874. The highest BCUT2D eigenvalue weighted by Crippen LogP contribution is 2.07. The Labute approximate surface area is 46.9 Å². The average molecular weight is 99.2 g/mol. The molecule has 1 unspecified atom stereocenters. The van der Waals surface area contributed by atoms with Gasteiger partial charge in [0.2, 0.25) is 0 Å². The highest BCUT2D eigenvalue weighted by atomic mass is 14.0. The van der Waals surface area contributed by atoms with Gasteiger partial charge in [-0.1, -0.05) is 27.2 Å². The van der Waals surface area contributed by atoms with E-state index in [0.717, 1.165) is 5.92 Å². The van der Waals surface area contributed by atoms with Crippen molar-refractivity contribution in [1.82, 2.24) is 0 Å². The minimum Gasteiger partial charge on any atom is -0.341 e. The van der Waals surface area contributed by atoms with Crippen LogP contribution in [0.1, 0.15) is 27.2 Å². The second kappa shape index (κ2) is 3.06. The molecule has 0 saturated heterocycles. The van der Waals surface area contributed by atoms with E-state index in [1.807, 2.05) is 0 Å². The van der Waals surface area contributed by atoms with Crippen molar-refractivity contribution in [3.8, 4) is 0 Å². The maximum Gasteiger partial charge on any atom is -0.0493 e. The lowest BCUT2D eigenvalue weighted by molar-refractivity contribution is 0.501. The molecule has 1 atom stereocenters. The summed E-state index contributed by atoms with van der Waals surface area (Å²) in [7, 11) is 0. The maximum atomic E-state index is 3.88. The Morgan fingerprint density at radius 1 is 1.29 bits per heavy atom. The molecule has 0 aromatic carbocycles. The van der Waals surface area contributed by atoms with Crippen LogP contribution in [0.3, 0.4) is 0 Å². The van der Waals surface area contributed by atoms with Crippen molar-refractivity contribution in [2.45, 2.75) is 27.2 Å². The first kappa shape index (κ1) is 7.00. The van der Waals surface area contributed by atoms with Crippen molar-refractivity contribution in [2.24, 2.45) is 11.8 Å². The van der Waals surface area contributed by atoms with Crippen molar-refractivity contribution in [3.63, 3.8) is 0 Å². The Morgan fingerprint density at radius 3 is 1.71 bits per heavy atom. The molecule has 0 bridgehead atoms. The van der Waals surface area contributed by atoms with E-state index in [0.29, 0.717) is 5.92 Å². The van der Waals surface area contributed by atoms with Crippen molar-refractivity contribution in [3.05, 3.63) is 6.92 Å². The van der Waals surface area contributed by atoms with Crippen molar-refractivity contribution >= 4 is 0 Å². The normalized spacial score (nSPS) is 15.0. The Balaban J connectivity index is 2.95. The lowest BCUT2D eigenvalue weighted by atomic mass is 10.0. The van der Waals surface area contributed by atoms with E-state index >= 15 is 0 Å². The Hall–Kier alpha value is 0. The second-order valence-corrected chi connectivity index (χ2v) is 2.73. The maximum absolute atomic E-state index is 3.88. The standard InChI is InChI=1S/C7H15/c1-6(2)5-7(3)4/h6-7H,1,5H2,2-4H3/q-1. The molecular formula is C7H15-. The van der Waals surface area contributed by atoms with E-state index in [4.69, 9.17) is 0 Å². The van der Waals surface area contributed by atoms with E-state index < -0.39 is 0 Å². The van der Waals surface area contributed by atoms with Crippen molar-refractivity contribution < 1.29 is 0 Å². The summed E-state index contributed by atoms with van der Waals surface area (Å²) in [6, 6.07) is 0. The topological polar surface area (TPSA) is 0 Å². The zero-order valence-electron chi connectivity index (χ0n) is 5.57. The smallest absolute Gasteiger partial charge is 0.0493 e. The van der Waals surface area contributed by atoms with Gasteiger partial charge in [0.05, 0.1) is 0 Å². The van der Waals surface area contributed by atoms with Crippen LogP contribution in [0, 0.1) is 18.8 Å². The van der Waals surface area contributed by atoms with Crippen LogP contribution in [-0.2, 0) is 0 Å². The molecule has 0 aliphatic heterocycles.